The molecule has 17 heavy (non-hydrogen) atoms. The second-order valence-corrected chi connectivity index (χ2v) is 5.96. The Labute approximate surface area is 111 Å². The van der Waals surface area contributed by atoms with Crippen LogP contribution in [0.3, 0.4) is 0 Å². The Bertz CT molecular complexity index is 502. The van der Waals surface area contributed by atoms with Gasteiger partial charge in [0.1, 0.15) is 0 Å². The number of nitrogens with two attached hydrogens (primary N) is 1. The molecule has 2 N–H and O–H groups in total. The zero-order valence-electron chi connectivity index (χ0n) is 9.90. The van der Waals surface area contributed by atoms with Gasteiger partial charge >= 0.3 is 0 Å². The molecule has 2 rings (SSSR count). The smallest absolute Gasteiger partial charge is 0.0931 e. The van der Waals surface area contributed by atoms with Gasteiger partial charge in [-0.3, -0.25) is 0 Å². The fraction of sp³-hybridized carbons (Fsp3) is 0.231. The van der Waals surface area contributed by atoms with E-state index >= 15 is 0 Å². The summed E-state index contributed by atoms with van der Waals surface area (Å²) in [5, 5.41) is 0. The first-order valence-corrected chi connectivity index (χ1v) is 6.56. The molecule has 2 nitrogen and oxygen atoms in total. The van der Waals surface area contributed by atoms with Gasteiger partial charge in [-0.05, 0) is 42.8 Å². The Balaban J connectivity index is 2.16. The average Bonchev–Trinajstić information content (AvgIpc) is 2.62. The number of anilines is 2. The largest absolute Gasteiger partial charge is 0.399 e. The quantitative estimate of drug-likeness (QED) is 0.853. The summed E-state index contributed by atoms with van der Waals surface area (Å²) in [6, 6.07) is 10.1. The van der Waals surface area contributed by atoms with Crippen molar-refractivity contribution in [1.29, 1.82) is 0 Å². The first kappa shape index (κ1) is 12.3. The van der Waals surface area contributed by atoms with Crippen LogP contribution in [0.25, 0.3) is 0 Å². The molecule has 0 saturated carbocycles. The molecule has 0 spiro atoms. The van der Waals surface area contributed by atoms with Gasteiger partial charge in [0.05, 0.1) is 10.9 Å². The summed E-state index contributed by atoms with van der Waals surface area (Å²) < 4.78 is 0.831. The Morgan fingerprint density at radius 1 is 1.29 bits per heavy atom. The van der Waals surface area contributed by atoms with Gasteiger partial charge < -0.3 is 10.6 Å². The van der Waals surface area contributed by atoms with Crippen LogP contribution in [0.4, 0.5) is 11.4 Å². The van der Waals surface area contributed by atoms with Crippen LogP contribution in [0.15, 0.2) is 30.3 Å². The molecule has 0 aliphatic carbocycles. The number of nitrogen functional groups attached to an aromatic ring is 1. The van der Waals surface area contributed by atoms with Gasteiger partial charge in [0.25, 0.3) is 0 Å². The minimum Gasteiger partial charge on any atom is -0.399 e. The first-order valence-electron chi connectivity index (χ1n) is 5.37. The van der Waals surface area contributed by atoms with E-state index in [2.05, 4.69) is 31.0 Å². The van der Waals surface area contributed by atoms with E-state index in [9.17, 15) is 0 Å². The predicted octanol–water partition coefficient (Wildman–Crippen LogP) is 3.93. The van der Waals surface area contributed by atoms with Crippen molar-refractivity contribution in [3.8, 4) is 0 Å². The third-order valence-corrected chi connectivity index (χ3v) is 3.76. The first-order chi connectivity index (χ1) is 8.04. The van der Waals surface area contributed by atoms with Crippen LogP contribution < -0.4 is 10.6 Å². The topological polar surface area (TPSA) is 29.3 Å². The molecule has 90 valence electrons. The van der Waals surface area contributed by atoms with Gasteiger partial charge in [-0.2, -0.15) is 0 Å². The number of rotatable bonds is 3. The van der Waals surface area contributed by atoms with Crippen LogP contribution in [-0.4, -0.2) is 7.05 Å². The molecule has 0 fully saturated rings. The van der Waals surface area contributed by atoms with Crippen molar-refractivity contribution in [3.05, 3.63) is 45.1 Å². The minimum absolute atomic E-state index is 0.802. The maximum absolute atomic E-state index is 5.92. The van der Waals surface area contributed by atoms with Crippen molar-refractivity contribution < 1.29 is 0 Å². The summed E-state index contributed by atoms with van der Waals surface area (Å²) in [6.07, 6.45) is 0. The molecule has 1 aromatic heterocycles. The van der Waals surface area contributed by atoms with Crippen LogP contribution in [0, 0.1) is 6.92 Å². The normalized spacial score (nSPS) is 10.5. The van der Waals surface area contributed by atoms with Crippen LogP contribution in [0.2, 0.25) is 4.34 Å². The lowest BCUT2D eigenvalue weighted by atomic mass is 10.2. The van der Waals surface area contributed by atoms with Crippen LogP contribution >= 0.6 is 22.9 Å². The minimum atomic E-state index is 0.802. The van der Waals surface area contributed by atoms with Crippen molar-refractivity contribution in [2.24, 2.45) is 0 Å². The second-order valence-electron chi connectivity index (χ2n) is 4.16. The molecule has 0 saturated heterocycles. The van der Waals surface area contributed by atoms with Crippen molar-refractivity contribution in [2.75, 3.05) is 17.7 Å². The molecular weight excluding hydrogens is 252 g/mol. The number of thiophene rings is 1. The fourth-order valence-corrected chi connectivity index (χ4v) is 2.92. The van der Waals surface area contributed by atoms with Crippen LogP contribution in [0.1, 0.15) is 10.4 Å². The number of aryl methyl sites for hydroxylation is 1. The van der Waals surface area contributed by atoms with Gasteiger partial charge in [0.2, 0.25) is 0 Å². The Morgan fingerprint density at radius 3 is 2.65 bits per heavy atom. The van der Waals surface area contributed by atoms with Crippen molar-refractivity contribution >= 4 is 34.3 Å². The molecule has 0 aliphatic heterocycles. The molecule has 0 unspecified atom stereocenters. The van der Waals surface area contributed by atoms with Crippen molar-refractivity contribution in [3.63, 3.8) is 0 Å². The number of hydrogen-bond donors (Lipinski definition) is 1. The maximum atomic E-state index is 5.92. The zero-order valence-corrected chi connectivity index (χ0v) is 11.5. The monoisotopic (exact) mass is 266 g/mol. The summed E-state index contributed by atoms with van der Waals surface area (Å²) in [5.41, 5.74) is 8.96. The lowest BCUT2D eigenvalue weighted by molar-refractivity contribution is 0.939. The van der Waals surface area contributed by atoms with E-state index in [-0.39, 0.29) is 0 Å². The number of nitrogens with zero attached hydrogens (tertiary/aromatic N) is 1. The van der Waals surface area contributed by atoms with Crippen molar-refractivity contribution in [2.45, 2.75) is 13.5 Å². The number of halogens is 1. The van der Waals surface area contributed by atoms with Crippen LogP contribution in [-0.2, 0) is 6.54 Å². The molecule has 2 aromatic rings. The van der Waals surface area contributed by atoms with E-state index in [0.29, 0.717) is 0 Å². The SMILES string of the molecule is Cc1cc(N)cc(N(C)Cc2ccc(Cl)s2)c1. The highest BCUT2D eigenvalue weighted by Crippen LogP contribution is 2.25. The molecule has 1 aromatic carbocycles. The third kappa shape index (κ3) is 3.14. The Morgan fingerprint density at radius 2 is 2.06 bits per heavy atom. The Kier molecular flexibility index (Phi) is 3.60. The number of hydrogen-bond acceptors (Lipinski definition) is 3. The van der Waals surface area contributed by atoms with Crippen molar-refractivity contribution in [1.82, 2.24) is 0 Å². The van der Waals surface area contributed by atoms with Gasteiger partial charge in [0.15, 0.2) is 0 Å². The fourth-order valence-electron chi connectivity index (χ4n) is 1.77. The lowest BCUT2D eigenvalue weighted by Gasteiger charge is -2.19. The van der Waals surface area contributed by atoms with Gasteiger partial charge in [-0.1, -0.05) is 11.6 Å². The summed E-state index contributed by atoms with van der Waals surface area (Å²) in [5.74, 6) is 0. The van der Waals surface area contributed by atoms with Gasteiger partial charge in [0, 0.05) is 23.3 Å². The lowest BCUT2D eigenvalue weighted by Crippen LogP contribution is -2.15. The van der Waals surface area contributed by atoms with Crippen LogP contribution in [0.5, 0.6) is 0 Å². The molecule has 4 heteroatoms. The summed E-state index contributed by atoms with van der Waals surface area (Å²) in [7, 11) is 2.06. The highest BCUT2D eigenvalue weighted by Gasteiger charge is 2.05. The standard InChI is InChI=1S/C13H15ClN2S/c1-9-5-10(15)7-11(6-9)16(2)8-12-3-4-13(14)17-12/h3-7H,8,15H2,1-2H3. The average molecular weight is 267 g/mol. The van der Waals surface area contributed by atoms with E-state index in [0.717, 1.165) is 22.3 Å². The molecule has 0 atom stereocenters. The molecule has 0 radical (unpaired) electrons. The maximum Gasteiger partial charge on any atom is 0.0931 e. The molecule has 0 amide bonds. The van der Waals surface area contributed by atoms with E-state index < -0.39 is 0 Å². The zero-order chi connectivity index (χ0) is 12.4. The molecule has 0 aliphatic rings. The molecule has 0 bridgehead atoms. The molecular formula is C13H15ClN2S. The second kappa shape index (κ2) is 4.98. The van der Waals surface area contributed by atoms with E-state index in [4.69, 9.17) is 17.3 Å². The highest BCUT2D eigenvalue weighted by molar-refractivity contribution is 7.16. The predicted molar refractivity (Wildman–Crippen MR) is 77.0 cm³/mol. The van der Waals surface area contributed by atoms with Gasteiger partial charge in [-0.25, -0.2) is 0 Å². The summed E-state index contributed by atoms with van der Waals surface area (Å²) >= 11 is 7.53. The summed E-state index contributed by atoms with van der Waals surface area (Å²) in [6.45, 7) is 2.90. The Hall–Kier alpha value is -1.19. The van der Waals surface area contributed by atoms with E-state index in [1.807, 2.05) is 18.2 Å². The number of benzene rings is 1. The van der Waals surface area contributed by atoms with E-state index in [1.165, 1.54) is 10.4 Å². The third-order valence-electron chi connectivity index (χ3n) is 2.55. The van der Waals surface area contributed by atoms with Gasteiger partial charge in [-0.15, -0.1) is 11.3 Å². The summed E-state index contributed by atoms with van der Waals surface area (Å²) in [4.78, 5) is 3.42. The van der Waals surface area contributed by atoms with E-state index in [1.54, 1.807) is 11.3 Å². The highest BCUT2D eigenvalue weighted by atomic mass is 35.5. The molecule has 1 heterocycles.